The van der Waals surface area contributed by atoms with Crippen LogP contribution in [0.25, 0.3) is 0 Å². The molecule has 2 rings (SSSR count). The molecule has 0 aliphatic carbocycles. The minimum Gasteiger partial charge on any atom is -0.465 e. The molecule has 1 heterocycles. The third kappa shape index (κ3) is 2.94. The van der Waals surface area contributed by atoms with Crippen molar-refractivity contribution in [3.05, 3.63) is 38.8 Å². The molecule has 0 fully saturated rings. The highest BCUT2D eigenvalue weighted by Gasteiger charge is 2.16. The van der Waals surface area contributed by atoms with E-state index in [2.05, 4.69) is 20.3 Å². The second-order valence-electron chi connectivity index (χ2n) is 3.78. The van der Waals surface area contributed by atoms with Crippen LogP contribution in [0.1, 0.15) is 25.7 Å². The predicted octanol–water partition coefficient (Wildman–Crippen LogP) is 2.54. The molecule has 20 heavy (non-hydrogen) atoms. The molecule has 104 valence electrons. The Labute approximate surface area is 123 Å². The van der Waals surface area contributed by atoms with Gasteiger partial charge in [-0.1, -0.05) is 17.4 Å². The highest BCUT2D eigenvalue weighted by Crippen LogP contribution is 2.22. The first-order valence-electron chi connectivity index (χ1n) is 5.51. The van der Waals surface area contributed by atoms with Crippen molar-refractivity contribution in [1.82, 2.24) is 10.2 Å². The van der Waals surface area contributed by atoms with Gasteiger partial charge in [-0.25, -0.2) is 4.79 Å². The number of nitrogens with zero attached hydrogens (tertiary/aromatic N) is 2. The number of rotatable bonds is 3. The van der Waals surface area contributed by atoms with Gasteiger partial charge in [0.25, 0.3) is 5.91 Å². The number of halogens is 1. The van der Waals surface area contributed by atoms with Crippen LogP contribution < -0.4 is 5.32 Å². The van der Waals surface area contributed by atoms with Gasteiger partial charge in [-0.2, -0.15) is 0 Å². The van der Waals surface area contributed by atoms with Gasteiger partial charge in [-0.05, 0) is 36.2 Å². The molecule has 1 amide bonds. The third-order valence-electron chi connectivity index (χ3n) is 2.58. The molecule has 8 heteroatoms. The summed E-state index contributed by atoms with van der Waals surface area (Å²) in [6.45, 7) is 1.72. The summed E-state index contributed by atoms with van der Waals surface area (Å²) in [5.74, 6) is -0.892. The zero-order valence-electron chi connectivity index (χ0n) is 10.6. The fraction of sp³-hybridized carbons (Fsp3) is 0.167. The molecule has 0 bridgehead atoms. The summed E-state index contributed by atoms with van der Waals surface area (Å²) in [6, 6.07) is 4.96. The van der Waals surface area contributed by atoms with Crippen LogP contribution in [-0.2, 0) is 4.74 Å². The van der Waals surface area contributed by atoms with Crippen molar-refractivity contribution >= 4 is 40.5 Å². The van der Waals surface area contributed by atoms with Crippen molar-refractivity contribution < 1.29 is 14.3 Å². The lowest BCUT2D eigenvalue weighted by molar-refractivity contribution is 0.0599. The van der Waals surface area contributed by atoms with E-state index in [4.69, 9.17) is 11.6 Å². The average Bonchev–Trinajstić information content (AvgIpc) is 2.87. The van der Waals surface area contributed by atoms with E-state index in [-0.39, 0.29) is 9.47 Å². The number of methoxy groups -OCH3 is 1. The van der Waals surface area contributed by atoms with Gasteiger partial charge in [0, 0.05) is 5.69 Å². The standard InChI is InChI=1S/C12H10ClN3O3S/c1-6-7(11(18)19-2)4-3-5-8(6)14-9(17)10-15-16-12(13)20-10/h3-5H,1-2H3,(H,14,17). The van der Waals surface area contributed by atoms with E-state index in [1.54, 1.807) is 25.1 Å². The number of nitrogens with one attached hydrogen (secondary N) is 1. The summed E-state index contributed by atoms with van der Waals surface area (Å²) >= 11 is 6.60. The van der Waals surface area contributed by atoms with Gasteiger partial charge in [0.1, 0.15) is 0 Å². The Bertz CT molecular complexity index is 672. The fourth-order valence-corrected chi connectivity index (χ4v) is 2.30. The number of carbonyl (C=O) groups is 2. The SMILES string of the molecule is COC(=O)c1cccc(NC(=O)c2nnc(Cl)s2)c1C. The zero-order valence-corrected chi connectivity index (χ0v) is 12.2. The second-order valence-corrected chi connectivity index (χ2v) is 5.34. The molecule has 0 saturated carbocycles. The van der Waals surface area contributed by atoms with Gasteiger partial charge in [-0.3, -0.25) is 4.79 Å². The van der Waals surface area contributed by atoms with E-state index in [0.717, 1.165) is 11.3 Å². The van der Waals surface area contributed by atoms with Gasteiger partial charge >= 0.3 is 5.97 Å². The fourth-order valence-electron chi connectivity index (χ4n) is 1.58. The number of hydrogen-bond donors (Lipinski definition) is 1. The van der Waals surface area contributed by atoms with E-state index in [9.17, 15) is 9.59 Å². The molecular weight excluding hydrogens is 302 g/mol. The van der Waals surface area contributed by atoms with Crippen LogP contribution in [-0.4, -0.2) is 29.2 Å². The van der Waals surface area contributed by atoms with Crippen molar-refractivity contribution in [3.8, 4) is 0 Å². The highest BCUT2D eigenvalue weighted by atomic mass is 35.5. The summed E-state index contributed by atoms with van der Waals surface area (Å²) in [7, 11) is 1.30. The number of carbonyl (C=O) groups excluding carboxylic acids is 2. The van der Waals surface area contributed by atoms with E-state index >= 15 is 0 Å². The molecule has 0 aliphatic rings. The number of amides is 1. The van der Waals surface area contributed by atoms with E-state index in [1.165, 1.54) is 7.11 Å². The van der Waals surface area contributed by atoms with Crippen molar-refractivity contribution in [3.63, 3.8) is 0 Å². The quantitative estimate of drug-likeness (QED) is 0.881. The monoisotopic (exact) mass is 311 g/mol. The highest BCUT2D eigenvalue weighted by molar-refractivity contribution is 7.17. The maximum absolute atomic E-state index is 12.0. The summed E-state index contributed by atoms with van der Waals surface area (Å²) in [5, 5.41) is 10.0. The number of ether oxygens (including phenoxy) is 1. The van der Waals surface area contributed by atoms with Crippen LogP contribution in [0.5, 0.6) is 0 Å². The average molecular weight is 312 g/mol. The van der Waals surface area contributed by atoms with Crippen molar-refractivity contribution in [1.29, 1.82) is 0 Å². The van der Waals surface area contributed by atoms with E-state index < -0.39 is 11.9 Å². The van der Waals surface area contributed by atoms with Crippen LogP contribution in [0.2, 0.25) is 4.47 Å². The Kier molecular flexibility index (Phi) is 4.31. The lowest BCUT2D eigenvalue weighted by atomic mass is 10.1. The lowest BCUT2D eigenvalue weighted by Gasteiger charge is -2.10. The smallest absolute Gasteiger partial charge is 0.338 e. The Morgan fingerprint density at radius 2 is 2.10 bits per heavy atom. The predicted molar refractivity (Wildman–Crippen MR) is 75.4 cm³/mol. The molecule has 2 aromatic rings. The van der Waals surface area contributed by atoms with Crippen LogP contribution in [0.4, 0.5) is 5.69 Å². The maximum Gasteiger partial charge on any atom is 0.338 e. The van der Waals surface area contributed by atoms with E-state index in [1.807, 2.05) is 0 Å². The molecule has 0 radical (unpaired) electrons. The van der Waals surface area contributed by atoms with Crippen LogP contribution in [0.3, 0.4) is 0 Å². The molecule has 0 saturated heterocycles. The van der Waals surface area contributed by atoms with Crippen LogP contribution in [0, 0.1) is 6.92 Å². The Morgan fingerprint density at radius 1 is 1.35 bits per heavy atom. The second kappa shape index (κ2) is 5.98. The first-order chi connectivity index (χ1) is 9.52. The van der Waals surface area contributed by atoms with Gasteiger partial charge in [0.05, 0.1) is 12.7 Å². The van der Waals surface area contributed by atoms with Gasteiger partial charge < -0.3 is 10.1 Å². The number of aromatic nitrogens is 2. The Hall–Kier alpha value is -1.99. The van der Waals surface area contributed by atoms with Gasteiger partial charge in [0.15, 0.2) is 0 Å². The van der Waals surface area contributed by atoms with Crippen molar-refractivity contribution in [2.45, 2.75) is 6.92 Å². The van der Waals surface area contributed by atoms with Gasteiger partial charge in [-0.15, -0.1) is 10.2 Å². The minimum atomic E-state index is -0.461. The molecular formula is C12H10ClN3O3S. The maximum atomic E-state index is 12.0. The third-order valence-corrected chi connectivity index (χ3v) is 3.60. The van der Waals surface area contributed by atoms with Crippen molar-refractivity contribution in [2.24, 2.45) is 0 Å². The molecule has 0 unspecified atom stereocenters. The normalized spacial score (nSPS) is 10.2. The molecule has 0 atom stereocenters. The number of esters is 1. The van der Waals surface area contributed by atoms with E-state index in [0.29, 0.717) is 16.8 Å². The number of benzene rings is 1. The molecule has 1 aromatic carbocycles. The summed E-state index contributed by atoms with van der Waals surface area (Å²) in [6.07, 6.45) is 0. The summed E-state index contributed by atoms with van der Waals surface area (Å²) in [4.78, 5) is 23.5. The largest absolute Gasteiger partial charge is 0.465 e. The molecule has 1 N–H and O–H groups in total. The Morgan fingerprint density at radius 3 is 2.70 bits per heavy atom. The first-order valence-corrected chi connectivity index (χ1v) is 6.70. The first kappa shape index (κ1) is 14.4. The molecule has 1 aromatic heterocycles. The summed E-state index contributed by atoms with van der Waals surface area (Å²) in [5.41, 5.74) is 1.51. The number of anilines is 1. The molecule has 0 spiro atoms. The number of hydrogen-bond acceptors (Lipinski definition) is 6. The van der Waals surface area contributed by atoms with Gasteiger partial charge in [0.2, 0.25) is 9.47 Å². The zero-order chi connectivity index (χ0) is 14.7. The van der Waals surface area contributed by atoms with Crippen molar-refractivity contribution in [2.75, 3.05) is 12.4 Å². The van der Waals surface area contributed by atoms with Crippen LogP contribution in [0.15, 0.2) is 18.2 Å². The minimum absolute atomic E-state index is 0.151. The topological polar surface area (TPSA) is 81.2 Å². The van der Waals surface area contributed by atoms with Crippen LogP contribution >= 0.6 is 22.9 Å². The molecule has 6 nitrogen and oxygen atoms in total. The summed E-state index contributed by atoms with van der Waals surface area (Å²) < 4.78 is 4.87. The molecule has 0 aliphatic heterocycles. The lowest BCUT2D eigenvalue weighted by Crippen LogP contribution is -2.14. The Balaban J connectivity index is 2.26.